The van der Waals surface area contributed by atoms with Crippen molar-refractivity contribution in [2.45, 2.75) is 6.54 Å². The number of hydrogen-bond acceptors (Lipinski definition) is 6. The van der Waals surface area contributed by atoms with Crippen molar-refractivity contribution in [3.63, 3.8) is 0 Å². The van der Waals surface area contributed by atoms with Crippen LogP contribution in [0.5, 0.6) is 0 Å². The molecular weight excluding hydrogens is 232 g/mol. The van der Waals surface area contributed by atoms with Gasteiger partial charge in [0.25, 0.3) is 0 Å². The predicted molar refractivity (Wildman–Crippen MR) is 65.7 cm³/mol. The fourth-order valence-electron chi connectivity index (χ4n) is 1.69. The van der Waals surface area contributed by atoms with Crippen molar-refractivity contribution in [3.05, 3.63) is 30.5 Å². The minimum Gasteiger partial charge on any atom is -0.384 e. The van der Waals surface area contributed by atoms with E-state index in [2.05, 4.69) is 25.6 Å². The molecule has 3 aromatic heterocycles. The molecule has 0 spiro atoms. The summed E-state index contributed by atoms with van der Waals surface area (Å²) in [5, 5.41) is 15.1. The van der Waals surface area contributed by atoms with Crippen LogP contribution in [0.4, 0.5) is 11.6 Å². The Morgan fingerprint density at radius 2 is 2.33 bits per heavy atom. The number of rotatable bonds is 3. The topological polar surface area (TPSA) is 99.0 Å². The first-order chi connectivity index (χ1) is 8.75. The number of nitrogens with one attached hydrogen (secondary N) is 1. The molecule has 0 aliphatic rings. The molecule has 0 saturated carbocycles. The molecule has 3 aromatic rings. The molecule has 0 bridgehead atoms. The van der Waals surface area contributed by atoms with Crippen molar-refractivity contribution in [2.75, 3.05) is 11.1 Å². The van der Waals surface area contributed by atoms with Gasteiger partial charge in [0.2, 0.25) is 5.65 Å². The van der Waals surface area contributed by atoms with Crippen LogP contribution in [0, 0.1) is 0 Å². The summed E-state index contributed by atoms with van der Waals surface area (Å²) in [5.41, 5.74) is 7.46. The lowest BCUT2D eigenvalue weighted by atomic mass is 10.3. The Morgan fingerprint density at radius 1 is 1.44 bits per heavy atom. The summed E-state index contributed by atoms with van der Waals surface area (Å²) < 4.78 is 3.42. The maximum absolute atomic E-state index is 5.87. The molecule has 0 saturated heterocycles. The van der Waals surface area contributed by atoms with Crippen LogP contribution >= 0.6 is 0 Å². The van der Waals surface area contributed by atoms with Crippen LogP contribution in [-0.2, 0) is 13.6 Å². The zero-order chi connectivity index (χ0) is 12.5. The van der Waals surface area contributed by atoms with Crippen molar-refractivity contribution < 1.29 is 0 Å². The largest absolute Gasteiger partial charge is 0.384 e. The normalized spacial score (nSPS) is 10.9. The molecule has 0 aromatic carbocycles. The maximum Gasteiger partial charge on any atom is 0.203 e. The Labute approximate surface area is 102 Å². The van der Waals surface area contributed by atoms with Crippen LogP contribution in [0.25, 0.3) is 5.65 Å². The third-order valence-corrected chi connectivity index (χ3v) is 2.73. The fraction of sp³-hybridized carbons (Fsp3) is 0.200. The smallest absolute Gasteiger partial charge is 0.203 e. The summed E-state index contributed by atoms with van der Waals surface area (Å²) in [6.45, 7) is 0.541. The van der Waals surface area contributed by atoms with Crippen LogP contribution in [0.1, 0.15) is 5.56 Å². The van der Waals surface area contributed by atoms with Gasteiger partial charge in [-0.25, -0.2) is 4.98 Å². The standard InChI is InChI=1S/C10H12N8/c1-17-8(11)7(5-15-17)4-13-9-10-16-14-6-18(10)3-2-12-9/h2-3,5-6H,4,11H2,1H3,(H,12,13). The lowest BCUT2D eigenvalue weighted by Gasteiger charge is -2.05. The zero-order valence-corrected chi connectivity index (χ0v) is 9.78. The van der Waals surface area contributed by atoms with Crippen LogP contribution in [0.3, 0.4) is 0 Å². The first-order valence-corrected chi connectivity index (χ1v) is 5.40. The van der Waals surface area contributed by atoms with Gasteiger partial charge in [0.15, 0.2) is 5.82 Å². The van der Waals surface area contributed by atoms with Crippen molar-refractivity contribution >= 4 is 17.3 Å². The number of fused-ring (bicyclic) bond motifs is 1. The Hall–Kier alpha value is -2.64. The van der Waals surface area contributed by atoms with E-state index in [0.29, 0.717) is 23.8 Å². The van der Waals surface area contributed by atoms with Gasteiger partial charge in [-0.15, -0.1) is 10.2 Å². The van der Waals surface area contributed by atoms with Crippen LogP contribution in [0.2, 0.25) is 0 Å². The number of aryl methyl sites for hydroxylation is 1. The number of nitrogens with zero attached hydrogens (tertiary/aromatic N) is 6. The molecule has 18 heavy (non-hydrogen) atoms. The molecule has 0 atom stereocenters. The van der Waals surface area contributed by atoms with E-state index in [1.807, 2.05) is 0 Å². The average molecular weight is 244 g/mol. The van der Waals surface area contributed by atoms with Gasteiger partial charge in [0, 0.05) is 31.5 Å². The fourth-order valence-corrected chi connectivity index (χ4v) is 1.69. The molecule has 0 aliphatic heterocycles. The van der Waals surface area contributed by atoms with E-state index in [4.69, 9.17) is 5.73 Å². The van der Waals surface area contributed by atoms with E-state index < -0.39 is 0 Å². The minimum absolute atomic E-state index is 0.541. The quantitative estimate of drug-likeness (QED) is 0.675. The molecule has 0 aliphatic carbocycles. The third kappa shape index (κ3) is 1.63. The second-order valence-corrected chi connectivity index (χ2v) is 3.87. The van der Waals surface area contributed by atoms with Gasteiger partial charge in [-0.05, 0) is 0 Å². The molecule has 0 fully saturated rings. The Bertz CT molecular complexity index is 682. The van der Waals surface area contributed by atoms with Gasteiger partial charge in [0.1, 0.15) is 12.1 Å². The second-order valence-electron chi connectivity index (χ2n) is 3.87. The summed E-state index contributed by atoms with van der Waals surface area (Å²) in [4.78, 5) is 4.23. The number of nitrogen functional groups attached to an aromatic ring is 1. The van der Waals surface area contributed by atoms with E-state index in [0.717, 1.165) is 5.56 Å². The highest BCUT2D eigenvalue weighted by Crippen LogP contribution is 2.14. The molecule has 0 radical (unpaired) electrons. The van der Waals surface area contributed by atoms with E-state index in [1.165, 1.54) is 0 Å². The van der Waals surface area contributed by atoms with Gasteiger partial charge >= 0.3 is 0 Å². The molecule has 8 heteroatoms. The molecular formula is C10H12N8. The number of nitrogens with two attached hydrogens (primary N) is 1. The SMILES string of the molecule is Cn1ncc(CNc2nccn3cnnc23)c1N. The number of aromatic nitrogens is 6. The summed E-state index contributed by atoms with van der Waals surface area (Å²) >= 11 is 0. The lowest BCUT2D eigenvalue weighted by molar-refractivity contribution is 0.778. The first kappa shape index (κ1) is 10.5. The minimum atomic E-state index is 0.541. The van der Waals surface area contributed by atoms with E-state index in [1.54, 1.807) is 41.0 Å². The van der Waals surface area contributed by atoms with E-state index >= 15 is 0 Å². The van der Waals surface area contributed by atoms with Gasteiger partial charge in [-0.2, -0.15) is 5.10 Å². The molecule has 8 nitrogen and oxygen atoms in total. The van der Waals surface area contributed by atoms with Gasteiger partial charge in [-0.3, -0.25) is 9.08 Å². The Kier molecular flexibility index (Phi) is 2.33. The van der Waals surface area contributed by atoms with Crippen molar-refractivity contribution in [1.82, 2.24) is 29.4 Å². The molecule has 3 rings (SSSR count). The van der Waals surface area contributed by atoms with Crippen molar-refractivity contribution in [1.29, 1.82) is 0 Å². The highest BCUT2D eigenvalue weighted by atomic mass is 15.3. The third-order valence-electron chi connectivity index (χ3n) is 2.73. The summed E-state index contributed by atoms with van der Waals surface area (Å²) in [7, 11) is 1.80. The number of anilines is 2. The molecule has 92 valence electrons. The molecule has 3 heterocycles. The van der Waals surface area contributed by atoms with E-state index in [9.17, 15) is 0 Å². The Balaban J connectivity index is 1.85. The monoisotopic (exact) mass is 244 g/mol. The van der Waals surface area contributed by atoms with Crippen LogP contribution in [-0.4, -0.2) is 29.4 Å². The molecule has 3 N–H and O–H groups in total. The number of hydrogen-bond donors (Lipinski definition) is 2. The van der Waals surface area contributed by atoms with Crippen molar-refractivity contribution in [3.8, 4) is 0 Å². The van der Waals surface area contributed by atoms with Gasteiger partial charge < -0.3 is 11.1 Å². The zero-order valence-electron chi connectivity index (χ0n) is 9.78. The van der Waals surface area contributed by atoms with Crippen LogP contribution < -0.4 is 11.1 Å². The van der Waals surface area contributed by atoms with Crippen molar-refractivity contribution in [2.24, 2.45) is 7.05 Å². The maximum atomic E-state index is 5.87. The summed E-state index contributed by atoms with van der Waals surface area (Å²) in [5.74, 6) is 1.30. The lowest BCUT2D eigenvalue weighted by Crippen LogP contribution is -2.06. The van der Waals surface area contributed by atoms with Gasteiger partial charge in [-0.1, -0.05) is 0 Å². The van der Waals surface area contributed by atoms with Crippen LogP contribution in [0.15, 0.2) is 24.9 Å². The first-order valence-electron chi connectivity index (χ1n) is 5.40. The molecule has 0 amide bonds. The average Bonchev–Trinajstić information content (AvgIpc) is 2.97. The van der Waals surface area contributed by atoms with Gasteiger partial charge in [0.05, 0.1) is 6.20 Å². The highest BCUT2D eigenvalue weighted by molar-refractivity contribution is 5.61. The predicted octanol–water partition coefficient (Wildman–Crippen LogP) is 0.0521. The van der Waals surface area contributed by atoms with E-state index in [-0.39, 0.29) is 0 Å². The second kappa shape index (κ2) is 3.99. The Morgan fingerprint density at radius 3 is 3.11 bits per heavy atom. The summed E-state index contributed by atoms with van der Waals surface area (Å²) in [6.07, 6.45) is 6.83. The summed E-state index contributed by atoms with van der Waals surface area (Å²) in [6, 6.07) is 0. The molecule has 0 unspecified atom stereocenters. The highest BCUT2D eigenvalue weighted by Gasteiger charge is 2.07.